The van der Waals surface area contributed by atoms with Gasteiger partial charge in [-0.2, -0.15) is 0 Å². The minimum atomic E-state index is -3.09. The van der Waals surface area contributed by atoms with Crippen molar-refractivity contribution in [3.8, 4) is 0 Å². The largest absolute Gasteiger partial charge is 0.319 e. The van der Waals surface area contributed by atoms with Crippen LogP contribution in [-0.4, -0.2) is 45.7 Å². The lowest BCUT2D eigenvalue weighted by atomic mass is 10.6. The molecule has 0 aromatic heterocycles. The second-order valence-corrected chi connectivity index (χ2v) is 4.68. The second kappa shape index (κ2) is 5.29. The number of nitrogens with one attached hydrogen (secondary N) is 1. The highest BCUT2D eigenvalue weighted by Crippen LogP contribution is 1.96. The van der Waals surface area contributed by atoms with E-state index in [0.717, 1.165) is 0 Å². The Bertz CT molecular complexity index is 224. The summed E-state index contributed by atoms with van der Waals surface area (Å²) in [5.41, 5.74) is 0. The average Bonchev–Trinajstić information content (AvgIpc) is 2.01. The zero-order valence-corrected chi connectivity index (χ0v) is 8.39. The van der Waals surface area contributed by atoms with Gasteiger partial charge in [0.2, 0.25) is 10.0 Å². The maximum atomic E-state index is 11.3. The number of hydrogen-bond donors (Lipinski definition) is 1. The first-order valence-corrected chi connectivity index (χ1v) is 5.35. The molecule has 0 saturated carbocycles. The molecule has 0 spiro atoms. The van der Waals surface area contributed by atoms with Crippen LogP contribution < -0.4 is 5.32 Å². The van der Waals surface area contributed by atoms with E-state index in [4.69, 9.17) is 0 Å². The molecule has 4 nitrogen and oxygen atoms in total. The summed E-state index contributed by atoms with van der Waals surface area (Å²) >= 11 is 0. The Labute approximate surface area is 74.3 Å². The lowest BCUT2D eigenvalue weighted by Gasteiger charge is -2.14. The maximum Gasteiger partial charge on any atom is 0.215 e. The standard InChI is InChI=1S/C7H16N2O2S/c1-4-6-9(3)12(10,11)7-5-8-2/h4,8H,1,5-7H2,2-3H3. The van der Waals surface area contributed by atoms with Crippen LogP contribution in [0.1, 0.15) is 0 Å². The van der Waals surface area contributed by atoms with Gasteiger partial charge in [-0.3, -0.25) is 0 Å². The van der Waals surface area contributed by atoms with Gasteiger partial charge in [0, 0.05) is 20.1 Å². The SMILES string of the molecule is C=CCN(C)S(=O)(=O)CCNC. The molecule has 0 aliphatic carbocycles. The van der Waals surface area contributed by atoms with Gasteiger partial charge in [0.15, 0.2) is 0 Å². The summed E-state index contributed by atoms with van der Waals surface area (Å²) in [7, 11) is 0.189. The first-order chi connectivity index (χ1) is 5.54. The third-order valence-corrected chi connectivity index (χ3v) is 3.29. The molecule has 0 amide bonds. The average molecular weight is 192 g/mol. The monoisotopic (exact) mass is 192 g/mol. The van der Waals surface area contributed by atoms with Crippen LogP contribution in [0.25, 0.3) is 0 Å². The van der Waals surface area contributed by atoms with Crippen LogP contribution in [-0.2, 0) is 10.0 Å². The molecule has 0 atom stereocenters. The minimum Gasteiger partial charge on any atom is -0.319 e. The number of hydrogen-bond acceptors (Lipinski definition) is 3. The number of nitrogens with zero attached hydrogens (tertiary/aromatic N) is 1. The number of likely N-dealkylation sites (N-methyl/N-ethyl adjacent to an activating group) is 1. The van der Waals surface area contributed by atoms with Crippen LogP contribution in [0.4, 0.5) is 0 Å². The molecular formula is C7H16N2O2S. The van der Waals surface area contributed by atoms with E-state index in [-0.39, 0.29) is 5.75 Å². The predicted molar refractivity (Wildman–Crippen MR) is 50.5 cm³/mol. The van der Waals surface area contributed by atoms with Crippen molar-refractivity contribution in [2.45, 2.75) is 0 Å². The summed E-state index contributed by atoms with van der Waals surface area (Å²) in [6.45, 7) is 4.32. The van der Waals surface area contributed by atoms with Crippen molar-refractivity contribution in [2.75, 3.05) is 32.9 Å². The Morgan fingerprint density at radius 3 is 2.58 bits per heavy atom. The van der Waals surface area contributed by atoms with Gasteiger partial charge in [0.25, 0.3) is 0 Å². The molecule has 0 bridgehead atoms. The van der Waals surface area contributed by atoms with Crippen molar-refractivity contribution in [3.63, 3.8) is 0 Å². The van der Waals surface area contributed by atoms with Crippen molar-refractivity contribution >= 4 is 10.0 Å². The predicted octanol–water partition coefficient (Wildman–Crippen LogP) is -0.347. The molecule has 0 aromatic rings. The third-order valence-electron chi connectivity index (χ3n) is 1.47. The van der Waals surface area contributed by atoms with Crippen LogP contribution in [0.15, 0.2) is 12.7 Å². The first kappa shape index (κ1) is 11.6. The zero-order chi connectivity index (χ0) is 9.61. The molecule has 12 heavy (non-hydrogen) atoms. The Kier molecular flexibility index (Phi) is 5.12. The van der Waals surface area contributed by atoms with E-state index in [1.54, 1.807) is 20.2 Å². The Hall–Kier alpha value is -0.390. The van der Waals surface area contributed by atoms with Gasteiger partial charge in [-0.1, -0.05) is 6.08 Å². The molecule has 5 heteroatoms. The Morgan fingerprint density at radius 2 is 2.17 bits per heavy atom. The Balaban J connectivity index is 4.10. The fourth-order valence-corrected chi connectivity index (χ4v) is 1.79. The van der Waals surface area contributed by atoms with Crippen molar-refractivity contribution in [1.29, 1.82) is 0 Å². The van der Waals surface area contributed by atoms with E-state index in [1.165, 1.54) is 4.31 Å². The van der Waals surface area contributed by atoms with Crippen molar-refractivity contribution < 1.29 is 8.42 Å². The van der Waals surface area contributed by atoms with E-state index in [1.807, 2.05) is 0 Å². The maximum absolute atomic E-state index is 11.3. The number of sulfonamides is 1. The summed E-state index contributed by atoms with van der Waals surface area (Å²) in [6, 6.07) is 0. The minimum absolute atomic E-state index is 0.133. The third kappa shape index (κ3) is 3.85. The molecular weight excluding hydrogens is 176 g/mol. The molecule has 0 unspecified atom stereocenters. The summed E-state index contributed by atoms with van der Waals surface area (Å²) in [5, 5.41) is 2.79. The summed E-state index contributed by atoms with van der Waals surface area (Å²) < 4.78 is 23.9. The number of rotatable bonds is 6. The normalized spacial score (nSPS) is 11.9. The van der Waals surface area contributed by atoms with Gasteiger partial charge in [-0.25, -0.2) is 12.7 Å². The van der Waals surface area contributed by atoms with Gasteiger partial charge in [-0.05, 0) is 7.05 Å². The van der Waals surface area contributed by atoms with Crippen molar-refractivity contribution in [1.82, 2.24) is 9.62 Å². The van der Waals surface area contributed by atoms with Crippen molar-refractivity contribution in [2.24, 2.45) is 0 Å². The molecule has 72 valence electrons. The summed E-state index contributed by atoms with van der Waals surface area (Å²) in [4.78, 5) is 0. The molecule has 0 saturated heterocycles. The van der Waals surface area contributed by atoms with Gasteiger partial charge < -0.3 is 5.32 Å². The van der Waals surface area contributed by atoms with Gasteiger partial charge in [0.1, 0.15) is 0 Å². The van der Waals surface area contributed by atoms with E-state index in [9.17, 15) is 8.42 Å². The quantitative estimate of drug-likeness (QED) is 0.585. The summed E-state index contributed by atoms with van der Waals surface area (Å²) in [5.74, 6) is 0.133. The van der Waals surface area contributed by atoms with E-state index >= 15 is 0 Å². The van der Waals surface area contributed by atoms with Gasteiger partial charge in [0.05, 0.1) is 5.75 Å². The first-order valence-electron chi connectivity index (χ1n) is 3.74. The Morgan fingerprint density at radius 1 is 1.58 bits per heavy atom. The van der Waals surface area contributed by atoms with Gasteiger partial charge >= 0.3 is 0 Å². The molecule has 0 aromatic carbocycles. The molecule has 0 aliphatic heterocycles. The van der Waals surface area contributed by atoms with E-state index in [0.29, 0.717) is 13.1 Å². The molecule has 0 fully saturated rings. The molecule has 0 heterocycles. The molecule has 0 radical (unpaired) electrons. The topological polar surface area (TPSA) is 49.4 Å². The van der Waals surface area contributed by atoms with Crippen LogP contribution in [0.5, 0.6) is 0 Å². The van der Waals surface area contributed by atoms with Crippen LogP contribution in [0.3, 0.4) is 0 Å². The lowest BCUT2D eigenvalue weighted by molar-refractivity contribution is 0.498. The van der Waals surface area contributed by atoms with Crippen LogP contribution >= 0.6 is 0 Å². The van der Waals surface area contributed by atoms with Crippen LogP contribution in [0.2, 0.25) is 0 Å². The second-order valence-electron chi connectivity index (χ2n) is 2.49. The zero-order valence-electron chi connectivity index (χ0n) is 7.58. The highest BCUT2D eigenvalue weighted by atomic mass is 32.2. The molecule has 0 aliphatic rings. The van der Waals surface area contributed by atoms with E-state index < -0.39 is 10.0 Å². The molecule has 0 rings (SSSR count). The van der Waals surface area contributed by atoms with Crippen LogP contribution in [0, 0.1) is 0 Å². The van der Waals surface area contributed by atoms with E-state index in [2.05, 4.69) is 11.9 Å². The lowest BCUT2D eigenvalue weighted by Crippen LogP contribution is -2.32. The smallest absolute Gasteiger partial charge is 0.215 e. The fraction of sp³-hybridized carbons (Fsp3) is 0.714. The van der Waals surface area contributed by atoms with Gasteiger partial charge in [-0.15, -0.1) is 6.58 Å². The fourth-order valence-electron chi connectivity index (χ4n) is 0.682. The highest BCUT2D eigenvalue weighted by Gasteiger charge is 2.14. The van der Waals surface area contributed by atoms with Crippen molar-refractivity contribution in [3.05, 3.63) is 12.7 Å². The highest BCUT2D eigenvalue weighted by molar-refractivity contribution is 7.89. The summed E-state index contributed by atoms with van der Waals surface area (Å²) in [6.07, 6.45) is 1.57. The molecule has 1 N–H and O–H groups in total.